The fourth-order valence-corrected chi connectivity index (χ4v) is 1.87. The Morgan fingerprint density at radius 3 is 2.29 bits per heavy atom. The van der Waals surface area contributed by atoms with Crippen molar-refractivity contribution in [1.82, 2.24) is 9.59 Å². The molecule has 3 N–H and O–H groups in total. The van der Waals surface area contributed by atoms with E-state index in [1.807, 2.05) is 0 Å². The molecule has 0 aliphatic carbocycles. The van der Waals surface area contributed by atoms with E-state index in [4.69, 9.17) is 29.5 Å². The molecule has 90 valence electrons. The van der Waals surface area contributed by atoms with Gasteiger partial charge in [-0.2, -0.15) is 0 Å². The largest absolute Gasteiger partial charge is 0.507 e. The van der Waals surface area contributed by atoms with Crippen LogP contribution in [0.4, 0.5) is 0 Å². The molecule has 0 bridgehead atoms. The number of phenolic OH excluding ortho intramolecular Hbond substituents is 1. The van der Waals surface area contributed by atoms with Gasteiger partial charge in [0.2, 0.25) is 5.12 Å². The summed E-state index contributed by atoms with van der Waals surface area (Å²) in [5.74, 6) is -0.0255. The number of aromatic hydroxyl groups is 1. The molecule has 0 spiro atoms. The summed E-state index contributed by atoms with van der Waals surface area (Å²) >= 11 is 14.3. The molecule has 0 unspecified atom stereocenters. The molecule has 4 nitrogen and oxygen atoms in total. The van der Waals surface area contributed by atoms with Crippen LogP contribution >= 0.6 is 48.6 Å². The minimum atomic E-state index is -0.418. The van der Waals surface area contributed by atoms with Crippen molar-refractivity contribution in [2.45, 2.75) is 0 Å². The van der Waals surface area contributed by atoms with Crippen molar-refractivity contribution in [1.29, 1.82) is 0 Å². The Balaban J connectivity index is 0.000000181. The van der Waals surface area contributed by atoms with E-state index in [-0.39, 0.29) is 11.3 Å². The predicted molar refractivity (Wildman–Crippen MR) is 76.1 cm³/mol. The average Bonchev–Trinajstić information content (AvgIpc) is 2.64. The summed E-state index contributed by atoms with van der Waals surface area (Å²) in [4.78, 5) is 10.6. The lowest BCUT2D eigenvalue weighted by Crippen LogP contribution is -1.87. The summed E-state index contributed by atoms with van der Waals surface area (Å²) in [7, 11) is 0. The number of carbonyl (C=O) groups excluding carboxylic acids is 1. The van der Waals surface area contributed by atoms with Gasteiger partial charge in [0, 0.05) is 0 Å². The Labute approximate surface area is 117 Å². The molecule has 0 aliphatic heterocycles. The molecule has 0 amide bonds. The fourth-order valence-electron chi connectivity index (χ4n) is 0.870. The maximum Gasteiger partial charge on any atom is 0.220 e. The molecule has 0 radical (unpaired) electrons. The minimum Gasteiger partial charge on any atom is -0.507 e. The van der Waals surface area contributed by atoms with Crippen LogP contribution in [0.5, 0.6) is 5.75 Å². The number of hydrogen-bond donors (Lipinski definition) is 4. The van der Waals surface area contributed by atoms with Gasteiger partial charge in [0.25, 0.3) is 0 Å². The summed E-state index contributed by atoms with van der Waals surface area (Å²) in [5, 5.41) is 11.3. The molecule has 0 saturated carbocycles. The first-order valence-corrected chi connectivity index (χ1v) is 6.38. The zero-order chi connectivity index (χ0) is 12.8. The van der Waals surface area contributed by atoms with E-state index in [1.54, 1.807) is 12.1 Å². The minimum absolute atomic E-state index is 0.0255. The van der Waals surface area contributed by atoms with E-state index in [9.17, 15) is 4.79 Å². The zero-order valence-corrected chi connectivity index (χ0v) is 11.7. The highest BCUT2D eigenvalue weighted by Crippen LogP contribution is 2.16. The summed E-state index contributed by atoms with van der Waals surface area (Å²) in [6, 6.07) is 6.28. The van der Waals surface area contributed by atoms with Crippen LogP contribution in [0.15, 0.2) is 24.3 Å². The van der Waals surface area contributed by atoms with Crippen molar-refractivity contribution in [2.75, 3.05) is 0 Å². The van der Waals surface area contributed by atoms with Crippen molar-refractivity contribution >= 4 is 53.7 Å². The van der Waals surface area contributed by atoms with Crippen molar-refractivity contribution in [3.63, 3.8) is 0 Å². The molecule has 0 fully saturated rings. The van der Waals surface area contributed by atoms with Crippen molar-refractivity contribution in [2.24, 2.45) is 0 Å². The first kappa shape index (κ1) is 14.1. The highest BCUT2D eigenvalue weighted by molar-refractivity contribution is 7.97. The molecule has 1 heterocycles. The van der Waals surface area contributed by atoms with E-state index in [1.165, 1.54) is 23.7 Å². The molecule has 17 heavy (non-hydrogen) atoms. The molecular weight excluding hydrogens is 296 g/mol. The van der Waals surface area contributed by atoms with E-state index in [0.717, 1.165) is 3.82 Å². The molecule has 1 aromatic heterocycles. The van der Waals surface area contributed by atoms with E-state index >= 15 is 0 Å². The van der Waals surface area contributed by atoms with Crippen LogP contribution in [0.2, 0.25) is 0 Å². The van der Waals surface area contributed by atoms with Crippen molar-refractivity contribution in [3.05, 3.63) is 38.3 Å². The van der Waals surface area contributed by atoms with Crippen LogP contribution in [0.25, 0.3) is 0 Å². The van der Waals surface area contributed by atoms with Gasteiger partial charge in [-0.15, -0.1) is 12.6 Å². The zero-order valence-electron chi connectivity index (χ0n) is 8.34. The third kappa shape index (κ3) is 4.43. The van der Waals surface area contributed by atoms with E-state index < -0.39 is 5.12 Å². The highest BCUT2D eigenvalue weighted by atomic mass is 32.2. The summed E-state index contributed by atoms with van der Waals surface area (Å²) in [5.41, 5.74) is 0.242. The monoisotopic (exact) mass is 304 g/mol. The second kappa shape index (κ2) is 6.70. The molecule has 2 rings (SSSR count). The van der Waals surface area contributed by atoms with Gasteiger partial charge in [-0.05, 0) is 23.7 Å². The van der Waals surface area contributed by atoms with E-state index in [0.29, 0.717) is 4.64 Å². The van der Waals surface area contributed by atoms with Crippen LogP contribution in [0.3, 0.4) is 0 Å². The Morgan fingerprint density at radius 1 is 1.35 bits per heavy atom. The smallest absolute Gasteiger partial charge is 0.220 e. The molecule has 0 aliphatic rings. The van der Waals surface area contributed by atoms with Crippen LogP contribution in [0, 0.1) is 8.46 Å². The molecule has 0 saturated heterocycles. The summed E-state index contributed by atoms with van der Waals surface area (Å²) in [6.07, 6.45) is 0. The number of hydrogen-bond acceptors (Lipinski definition) is 5. The van der Waals surface area contributed by atoms with Crippen LogP contribution in [-0.4, -0.2) is 19.8 Å². The number of carbonyl (C=O) groups is 1. The Bertz CT molecular complexity index is 589. The van der Waals surface area contributed by atoms with Gasteiger partial charge < -0.3 is 5.11 Å². The maximum atomic E-state index is 10.6. The normalized spacial score (nSPS) is 9.24. The first-order valence-electron chi connectivity index (χ1n) is 4.30. The number of rotatable bonds is 1. The highest BCUT2D eigenvalue weighted by Gasteiger charge is 2.03. The average molecular weight is 304 g/mol. The number of thiol groups is 1. The number of aromatic amines is 2. The first-order chi connectivity index (χ1) is 8.02. The summed E-state index contributed by atoms with van der Waals surface area (Å²) in [6.45, 7) is 0. The third-order valence-electron chi connectivity index (χ3n) is 1.63. The van der Waals surface area contributed by atoms with Gasteiger partial charge in [-0.25, -0.2) is 0 Å². The van der Waals surface area contributed by atoms with Gasteiger partial charge in [0.1, 0.15) is 14.2 Å². The molecule has 8 heteroatoms. The lowest BCUT2D eigenvalue weighted by molar-refractivity contribution is 0.108. The lowest BCUT2D eigenvalue weighted by Gasteiger charge is -1.95. The predicted octanol–water partition coefficient (Wildman–Crippen LogP) is 3.33. The number of aromatic nitrogens is 2. The topological polar surface area (TPSA) is 68.9 Å². The molecule has 2 aromatic rings. The van der Waals surface area contributed by atoms with Crippen molar-refractivity contribution in [3.8, 4) is 5.75 Å². The third-order valence-corrected chi connectivity index (χ3v) is 3.48. The second-order valence-corrected chi connectivity index (χ2v) is 5.07. The van der Waals surface area contributed by atoms with Gasteiger partial charge in [-0.1, -0.05) is 36.6 Å². The van der Waals surface area contributed by atoms with E-state index in [2.05, 4.69) is 22.2 Å². The SMILES string of the molecule is O=C(S)c1ccccc1O.S=c1[nH][nH]sc1=S. The number of H-pyrrole nitrogens is 2. The van der Waals surface area contributed by atoms with Gasteiger partial charge in [0.15, 0.2) is 0 Å². The standard InChI is InChI=1S/C7H6O2S.C2H2N2S3/c8-6-4-2-1-3-5(6)7(9)10;5-1-2(6)7-4-3-1/h1-4,8H,(H,9,10);4H,(H,3,5). The van der Waals surface area contributed by atoms with Crippen LogP contribution in [0.1, 0.15) is 10.4 Å². The number of para-hydroxylation sites is 1. The quantitative estimate of drug-likeness (QED) is 0.482. The maximum absolute atomic E-state index is 10.6. The Hall–Kier alpha value is -0.960. The fraction of sp³-hybridized carbons (Fsp3) is 0. The van der Waals surface area contributed by atoms with Crippen molar-refractivity contribution < 1.29 is 9.90 Å². The number of phenols is 1. The number of benzene rings is 1. The lowest BCUT2D eigenvalue weighted by atomic mass is 10.2. The van der Waals surface area contributed by atoms with Crippen LogP contribution < -0.4 is 0 Å². The molecule has 1 aromatic carbocycles. The van der Waals surface area contributed by atoms with Gasteiger partial charge >= 0.3 is 0 Å². The Morgan fingerprint density at radius 2 is 2.00 bits per heavy atom. The second-order valence-electron chi connectivity index (χ2n) is 2.77. The Kier molecular flexibility index (Phi) is 5.56. The van der Waals surface area contributed by atoms with Crippen LogP contribution in [-0.2, 0) is 0 Å². The summed E-state index contributed by atoms with van der Waals surface area (Å²) < 4.78 is 4.05. The number of nitrogens with one attached hydrogen (secondary N) is 2. The van der Waals surface area contributed by atoms with Gasteiger partial charge in [0.05, 0.1) is 5.56 Å². The molecule has 0 atom stereocenters. The molecular formula is C9H8N2O2S4. The van der Waals surface area contributed by atoms with Gasteiger partial charge in [-0.3, -0.25) is 14.4 Å².